The van der Waals surface area contributed by atoms with E-state index in [4.69, 9.17) is 4.74 Å². The zero-order chi connectivity index (χ0) is 13.1. The zero-order valence-electron chi connectivity index (χ0n) is 11.8. The third-order valence-electron chi connectivity index (χ3n) is 4.04. The van der Waals surface area contributed by atoms with Gasteiger partial charge >= 0.3 is 0 Å². The van der Waals surface area contributed by atoms with Crippen LogP contribution in [0.2, 0.25) is 0 Å². The summed E-state index contributed by atoms with van der Waals surface area (Å²) in [4.78, 5) is 14.3. The van der Waals surface area contributed by atoms with Crippen molar-refractivity contribution in [1.82, 2.24) is 10.2 Å². The SMILES string of the molecule is CCC1OCCC1CN1CCC(NC(C)C)C1=O. The van der Waals surface area contributed by atoms with Crippen LogP contribution in [0.3, 0.4) is 0 Å². The summed E-state index contributed by atoms with van der Waals surface area (Å²) in [5.41, 5.74) is 0. The number of rotatable bonds is 5. The standard InChI is InChI=1S/C14H26N2O2/c1-4-13-11(6-8-18-13)9-16-7-5-12(14(16)17)15-10(2)3/h10-13,15H,4-9H2,1-3H3. The maximum absolute atomic E-state index is 12.2. The highest BCUT2D eigenvalue weighted by atomic mass is 16.5. The number of carbonyl (C=O) groups is 1. The van der Waals surface area contributed by atoms with Crippen molar-refractivity contribution in [3.8, 4) is 0 Å². The van der Waals surface area contributed by atoms with Gasteiger partial charge in [-0.1, -0.05) is 20.8 Å². The average molecular weight is 254 g/mol. The van der Waals surface area contributed by atoms with Crippen molar-refractivity contribution in [2.24, 2.45) is 5.92 Å². The number of carbonyl (C=O) groups excluding carboxylic acids is 1. The van der Waals surface area contributed by atoms with Gasteiger partial charge in [-0.15, -0.1) is 0 Å². The number of nitrogens with zero attached hydrogens (tertiary/aromatic N) is 1. The summed E-state index contributed by atoms with van der Waals surface area (Å²) in [5.74, 6) is 0.821. The van der Waals surface area contributed by atoms with Gasteiger partial charge in [0.1, 0.15) is 0 Å². The highest BCUT2D eigenvalue weighted by Crippen LogP contribution is 2.26. The Morgan fingerprint density at radius 3 is 2.89 bits per heavy atom. The minimum absolute atomic E-state index is 0.0346. The second-order valence-corrected chi connectivity index (χ2v) is 5.81. The summed E-state index contributed by atoms with van der Waals surface area (Å²) in [7, 11) is 0. The van der Waals surface area contributed by atoms with Gasteiger partial charge in [0.25, 0.3) is 0 Å². The van der Waals surface area contributed by atoms with Crippen LogP contribution < -0.4 is 5.32 Å². The van der Waals surface area contributed by atoms with Crippen molar-refractivity contribution in [3.63, 3.8) is 0 Å². The summed E-state index contributed by atoms with van der Waals surface area (Å²) in [6.07, 6.45) is 3.46. The number of hydrogen-bond donors (Lipinski definition) is 1. The average Bonchev–Trinajstić information content (AvgIpc) is 2.90. The van der Waals surface area contributed by atoms with Crippen molar-refractivity contribution in [2.45, 2.75) is 58.2 Å². The molecule has 0 aliphatic carbocycles. The van der Waals surface area contributed by atoms with Crippen LogP contribution in [-0.2, 0) is 9.53 Å². The van der Waals surface area contributed by atoms with Gasteiger partial charge in [0.2, 0.25) is 5.91 Å². The second-order valence-electron chi connectivity index (χ2n) is 5.81. The van der Waals surface area contributed by atoms with Gasteiger partial charge in [-0.3, -0.25) is 4.79 Å². The molecule has 2 saturated heterocycles. The molecule has 3 unspecified atom stereocenters. The molecule has 2 aliphatic heterocycles. The monoisotopic (exact) mass is 254 g/mol. The molecule has 2 heterocycles. The Morgan fingerprint density at radius 2 is 2.22 bits per heavy atom. The van der Waals surface area contributed by atoms with Crippen LogP contribution in [0, 0.1) is 5.92 Å². The minimum Gasteiger partial charge on any atom is -0.378 e. The van der Waals surface area contributed by atoms with E-state index in [0.29, 0.717) is 18.1 Å². The molecule has 18 heavy (non-hydrogen) atoms. The van der Waals surface area contributed by atoms with Crippen LogP contribution in [0.1, 0.15) is 40.0 Å². The first-order valence-electron chi connectivity index (χ1n) is 7.28. The summed E-state index contributed by atoms with van der Waals surface area (Å²) < 4.78 is 5.70. The number of amides is 1. The molecule has 0 spiro atoms. The topological polar surface area (TPSA) is 41.6 Å². The van der Waals surface area contributed by atoms with Crippen molar-refractivity contribution in [1.29, 1.82) is 0 Å². The fourth-order valence-electron chi connectivity index (χ4n) is 3.11. The van der Waals surface area contributed by atoms with Crippen LogP contribution in [-0.4, -0.2) is 48.7 Å². The molecule has 2 rings (SSSR count). The van der Waals surface area contributed by atoms with Crippen molar-refractivity contribution >= 4 is 5.91 Å². The molecule has 0 bridgehead atoms. The number of nitrogens with one attached hydrogen (secondary N) is 1. The Hall–Kier alpha value is -0.610. The zero-order valence-corrected chi connectivity index (χ0v) is 11.8. The Bertz CT molecular complexity index is 294. The molecule has 0 aromatic carbocycles. The third kappa shape index (κ3) is 3.04. The van der Waals surface area contributed by atoms with Gasteiger partial charge in [0.15, 0.2) is 0 Å². The van der Waals surface area contributed by atoms with E-state index in [2.05, 4.69) is 26.1 Å². The lowest BCUT2D eigenvalue weighted by Crippen LogP contribution is -2.43. The molecule has 2 fully saturated rings. The fraction of sp³-hybridized carbons (Fsp3) is 0.929. The van der Waals surface area contributed by atoms with Gasteiger partial charge in [-0.2, -0.15) is 0 Å². The van der Waals surface area contributed by atoms with Crippen molar-refractivity contribution < 1.29 is 9.53 Å². The van der Waals surface area contributed by atoms with E-state index in [1.54, 1.807) is 0 Å². The van der Waals surface area contributed by atoms with E-state index in [1.807, 2.05) is 4.90 Å². The van der Waals surface area contributed by atoms with Gasteiger partial charge < -0.3 is 15.0 Å². The summed E-state index contributed by atoms with van der Waals surface area (Å²) in [5, 5.41) is 3.35. The molecule has 1 amide bonds. The molecule has 0 radical (unpaired) electrons. The first-order chi connectivity index (χ1) is 8.61. The molecule has 1 N–H and O–H groups in total. The first kappa shape index (κ1) is 13.8. The van der Waals surface area contributed by atoms with Gasteiger partial charge in [-0.25, -0.2) is 0 Å². The minimum atomic E-state index is 0.0346. The third-order valence-corrected chi connectivity index (χ3v) is 4.04. The lowest BCUT2D eigenvalue weighted by atomic mass is 9.99. The van der Waals surface area contributed by atoms with Crippen LogP contribution in [0.4, 0.5) is 0 Å². The molecular weight excluding hydrogens is 228 g/mol. The molecule has 0 saturated carbocycles. The lowest BCUT2D eigenvalue weighted by molar-refractivity contribution is -0.130. The molecular formula is C14H26N2O2. The van der Waals surface area contributed by atoms with Crippen LogP contribution in [0.25, 0.3) is 0 Å². The quantitative estimate of drug-likeness (QED) is 0.806. The lowest BCUT2D eigenvalue weighted by Gasteiger charge is -2.24. The molecule has 3 atom stereocenters. The summed E-state index contributed by atoms with van der Waals surface area (Å²) in [6, 6.07) is 0.407. The van der Waals surface area contributed by atoms with Crippen LogP contribution in [0.15, 0.2) is 0 Å². The molecule has 0 aromatic rings. The maximum Gasteiger partial charge on any atom is 0.239 e. The van der Waals surface area contributed by atoms with Crippen molar-refractivity contribution in [3.05, 3.63) is 0 Å². The maximum atomic E-state index is 12.2. The van der Waals surface area contributed by atoms with E-state index >= 15 is 0 Å². The Kier molecular flexibility index (Phi) is 4.62. The Balaban J connectivity index is 1.85. The van der Waals surface area contributed by atoms with Gasteiger partial charge in [0, 0.05) is 31.7 Å². The predicted octanol–water partition coefficient (Wildman–Crippen LogP) is 1.40. The van der Waals surface area contributed by atoms with Crippen LogP contribution >= 0.6 is 0 Å². The predicted molar refractivity (Wildman–Crippen MR) is 71.4 cm³/mol. The number of hydrogen-bond acceptors (Lipinski definition) is 3. The summed E-state index contributed by atoms with van der Waals surface area (Å²) in [6.45, 7) is 8.99. The van der Waals surface area contributed by atoms with E-state index < -0.39 is 0 Å². The van der Waals surface area contributed by atoms with E-state index in [1.165, 1.54) is 0 Å². The summed E-state index contributed by atoms with van der Waals surface area (Å²) >= 11 is 0. The molecule has 2 aliphatic rings. The molecule has 4 nitrogen and oxygen atoms in total. The molecule has 0 aromatic heterocycles. The van der Waals surface area contributed by atoms with E-state index in [-0.39, 0.29) is 11.9 Å². The highest BCUT2D eigenvalue weighted by Gasteiger charge is 2.36. The van der Waals surface area contributed by atoms with Crippen molar-refractivity contribution in [2.75, 3.05) is 19.7 Å². The first-order valence-corrected chi connectivity index (χ1v) is 7.28. The van der Waals surface area contributed by atoms with Gasteiger partial charge in [-0.05, 0) is 19.3 Å². The Labute approximate surface area is 110 Å². The smallest absolute Gasteiger partial charge is 0.239 e. The highest BCUT2D eigenvalue weighted by molar-refractivity contribution is 5.84. The fourth-order valence-corrected chi connectivity index (χ4v) is 3.11. The van der Waals surface area contributed by atoms with Gasteiger partial charge in [0.05, 0.1) is 12.1 Å². The number of ether oxygens (including phenoxy) is 1. The van der Waals surface area contributed by atoms with Crippen LogP contribution in [0.5, 0.6) is 0 Å². The molecule has 4 heteroatoms. The largest absolute Gasteiger partial charge is 0.378 e. The second kappa shape index (κ2) is 6.02. The van der Waals surface area contributed by atoms with E-state index in [0.717, 1.165) is 39.0 Å². The molecule has 104 valence electrons. The van der Waals surface area contributed by atoms with E-state index in [9.17, 15) is 4.79 Å². The normalized spacial score (nSPS) is 32.8. The number of likely N-dealkylation sites (tertiary alicyclic amines) is 1. The Morgan fingerprint density at radius 1 is 1.44 bits per heavy atom.